The minimum Gasteiger partial charge on any atom is -0.364 e. The van der Waals surface area contributed by atoms with E-state index in [9.17, 15) is 9.59 Å². The molecule has 2 amide bonds. The lowest BCUT2D eigenvalue weighted by Gasteiger charge is -2.54. The number of carbonyl (C=O) groups is 2. The SMILES string of the molecule is O=C1[C@@H]2[C@@H]([C@H]3CN(c4ccccc4)[C@@H]3c3ccccc3)C=CC[C@@H]2C(=O)N1c1ccccc1. The van der Waals surface area contributed by atoms with Crippen molar-refractivity contribution in [3.05, 3.63) is 109 Å². The molecule has 4 nitrogen and oxygen atoms in total. The molecule has 5 atom stereocenters. The summed E-state index contributed by atoms with van der Waals surface area (Å²) >= 11 is 0. The minimum atomic E-state index is -0.295. The number of carbonyl (C=O) groups excluding carboxylic acids is 2. The smallest absolute Gasteiger partial charge is 0.238 e. The predicted molar refractivity (Wildman–Crippen MR) is 130 cm³/mol. The minimum absolute atomic E-state index is 0.0408. The second-order valence-electron chi connectivity index (χ2n) is 9.23. The number of benzene rings is 3. The first-order chi connectivity index (χ1) is 16.2. The zero-order valence-electron chi connectivity index (χ0n) is 18.3. The fourth-order valence-corrected chi connectivity index (χ4v) is 6.00. The van der Waals surface area contributed by atoms with Crippen molar-refractivity contribution in [1.82, 2.24) is 0 Å². The highest BCUT2D eigenvalue weighted by Gasteiger charge is 2.56. The Morgan fingerprint density at radius 2 is 1.30 bits per heavy atom. The number of amides is 2. The number of imide groups is 1. The van der Waals surface area contributed by atoms with E-state index in [4.69, 9.17) is 0 Å². The average Bonchev–Trinajstić information content (AvgIpc) is 3.11. The standard InChI is InChI=1S/C29H26N2O2/c32-28-24-18-10-17-23(26(24)29(33)31(28)22-15-8-3-9-16-22)25-19-30(21-13-6-2-7-14-21)27(25)20-11-4-1-5-12-20/h1-17,23-27H,18-19H2/t23-,24+,25-,26-,27-/m1/s1. The first-order valence-corrected chi connectivity index (χ1v) is 11.7. The zero-order chi connectivity index (χ0) is 22.4. The van der Waals surface area contributed by atoms with Crippen molar-refractivity contribution in [3.8, 4) is 0 Å². The van der Waals surface area contributed by atoms with E-state index in [-0.39, 0.29) is 41.5 Å². The summed E-state index contributed by atoms with van der Waals surface area (Å²) in [5, 5.41) is 0. The van der Waals surface area contributed by atoms with Gasteiger partial charge in [0.1, 0.15) is 0 Å². The van der Waals surface area contributed by atoms with Crippen LogP contribution in [0.1, 0.15) is 18.0 Å². The first kappa shape index (κ1) is 20.0. The molecule has 33 heavy (non-hydrogen) atoms. The third-order valence-corrected chi connectivity index (χ3v) is 7.53. The lowest BCUT2D eigenvalue weighted by molar-refractivity contribution is -0.123. The van der Waals surface area contributed by atoms with Gasteiger partial charge < -0.3 is 4.90 Å². The van der Waals surface area contributed by atoms with Crippen molar-refractivity contribution in [3.63, 3.8) is 0 Å². The van der Waals surface area contributed by atoms with Gasteiger partial charge in [-0.05, 0) is 42.2 Å². The van der Waals surface area contributed by atoms with Crippen LogP contribution < -0.4 is 9.80 Å². The Labute approximate surface area is 194 Å². The van der Waals surface area contributed by atoms with Gasteiger partial charge in [-0.1, -0.05) is 78.9 Å². The van der Waals surface area contributed by atoms with Crippen LogP contribution in [0.5, 0.6) is 0 Å². The Balaban J connectivity index is 1.35. The Kier molecular flexibility index (Phi) is 4.87. The van der Waals surface area contributed by atoms with Gasteiger partial charge in [0.25, 0.3) is 0 Å². The van der Waals surface area contributed by atoms with Crippen molar-refractivity contribution in [1.29, 1.82) is 0 Å². The summed E-state index contributed by atoms with van der Waals surface area (Å²) in [5.41, 5.74) is 3.13. The molecule has 0 unspecified atom stereocenters. The summed E-state index contributed by atoms with van der Waals surface area (Å²) in [5.74, 6) is -0.355. The molecule has 0 N–H and O–H groups in total. The molecule has 1 aliphatic carbocycles. The van der Waals surface area contributed by atoms with Crippen LogP contribution in [0.25, 0.3) is 0 Å². The van der Waals surface area contributed by atoms with Crippen LogP contribution in [0.4, 0.5) is 11.4 Å². The summed E-state index contributed by atoms with van der Waals surface area (Å²) < 4.78 is 0. The van der Waals surface area contributed by atoms with E-state index in [0.717, 1.165) is 6.54 Å². The lowest BCUT2D eigenvalue weighted by Crippen LogP contribution is -2.55. The van der Waals surface area contributed by atoms with Crippen LogP contribution in [0.2, 0.25) is 0 Å². The second-order valence-corrected chi connectivity index (χ2v) is 9.23. The molecule has 3 aromatic carbocycles. The van der Waals surface area contributed by atoms with E-state index < -0.39 is 0 Å². The average molecular weight is 435 g/mol. The van der Waals surface area contributed by atoms with Gasteiger partial charge in [0.15, 0.2) is 0 Å². The molecule has 4 heteroatoms. The number of nitrogens with zero attached hydrogens (tertiary/aromatic N) is 2. The Hall–Kier alpha value is -3.66. The molecule has 164 valence electrons. The summed E-state index contributed by atoms with van der Waals surface area (Å²) in [6.07, 6.45) is 4.97. The van der Waals surface area contributed by atoms with Gasteiger partial charge in [0.05, 0.1) is 23.6 Å². The number of hydrogen-bond acceptors (Lipinski definition) is 3. The fourth-order valence-electron chi connectivity index (χ4n) is 6.00. The third kappa shape index (κ3) is 3.20. The van der Waals surface area contributed by atoms with Gasteiger partial charge in [-0.3, -0.25) is 14.5 Å². The molecule has 3 aliphatic rings. The van der Waals surface area contributed by atoms with E-state index >= 15 is 0 Å². The highest BCUT2D eigenvalue weighted by atomic mass is 16.2. The van der Waals surface area contributed by atoms with E-state index in [0.29, 0.717) is 12.1 Å². The normalized spacial score (nSPS) is 28.5. The zero-order valence-corrected chi connectivity index (χ0v) is 18.3. The first-order valence-electron chi connectivity index (χ1n) is 11.7. The van der Waals surface area contributed by atoms with Crippen molar-refractivity contribution >= 4 is 23.2 Å². The summed E-state index contributed by atoms with van der Waals surface area (Å²) in [6, 6.07) is 30.5. The number of allylic oxidation sites excluding steroid dienone is 2. The Morgan fingerprint density at radius 1 is 0.697 bits per heavy atom. The molecular formula is C29H26N2O2. The number of rotatable bonds is 4. The van der Waals surface area contributed by atoms with Crippen molar-refractivity contribution in [2.24, 2.45) is 23.7 Å². The molecule has 2 heterocycles. The lowest BCUT2D eigenvalue weighted by atomic mass is 9.65. The van der Waals surface area contributed by atoms with Crippen molar-refractivity contribution < 1.29 is 9.59 Å². The van der Waals surface area contributed by atoms with Crippen LogP contribution in [0.3, 0.4) is 0 Å². The largest absolute Gasteiger partial charge is 0.364 e. The molecule has 2 fully saturated rings. The maximum absolute atomic E-state index is 13.7. The van der Waals surface area contributed by atoms with Gasteiger partial charge in [0.2, 0.25) is 11.8 Å². The maximum atomic E-state index is 13.7. The van der Waals surface area contributed by atoms with Gasteiger partial charge >= 0.3 is 0 Å². The molecule has 2 saturated heterocycles. The van der Waals surface area contributed by atoms with Gasteiger partial charge in [-0.2, -0.15) is 0 Å². The molecule has 2 aliphatic heterocycles. The van der Waals surface area contributed by atoms with Gasteiger partial charge in [-0.25, -0.2) is 0 Å². The fraction of sp³-hybridized carbons (Fsp3) is 0.241. The summed E-state index contributed by atoms with van der Waals surface area (Å²) in [7, 11) is 0. The predicted octanol–water partition coefficient (Wildman–Crippen LogP) is 5.25. The number of hydrogen-bond donors (Lipinski definition) is 0. The monoisotopic (exact) mass is 434 g/mol. The molecule has 0 bridgehead atoms. The molecule has 0 saturated carbocycles. The van der Waals surface area contributed by atoms with Crippen LogP contribution in [-0.2, 0) is 9.59 Å². The molecule has 0 aromatic heterocycles. The Morgan fingerprint density at radius 3 is 1.97 bits per heavy atom. The molecular weight excluding hydrogens is 408 g/mol. The van der Waals surface area contributed by atoms with Crippen molar-refractivity contribution in [2.75, 3.05) is 16.3 Å². The van der Waals surface area contributed by atoms with Crippen molar-refractivity contribution in [2.45, 2.75) is 12.5 Å². The van der Waals surface area contributed by atoms with Gasteiger partial charge in [-0.15, -0.1) is 0 Å². The third-order valence-electron chi connectivity index (χ3n) is 7.53. The van der Waals surface area contributed by atoms with Crippen LogP contribution in [0, 0.1) is 23.7 Å². The van der Waals surface area contributed by atoms with E-state index in [1.807, 2.05) is 42.5 Å². The number of fused-ring (bicyclic) bond motifs is 1. The second kappa shape index (κ2) is 8.04. The van der Waals surface area contributed by atoms with E-state index in [2.05, 4.69) is 65.6 Å². The van der Waals surface area contributed by atoms with Crippen LogP contribution in [0.15, 0.2) is 103 Å². The van der Waals surface area contributed by atoms with Crippen LogP contribution >= 0.6 is 0 Å². The van der Waals surface area contributed by atoms with Crippen LogP contribution in [-0.4, -0.2) is 18.4 Å². The molecule has 0 spiro atoms. The molecule has 3 aromatic rings. The highest BCUT2D eigenvalue weighted by molar-refractivity contribution is 6.22. The van der Waals surface area contributed by atoms with E-state index in [1.165, 1.54) is 16.2 Å². The molecule has 0 radical (unpaired) electrons. The van der Waals surface area contributed by atoms with Gasteiger partial charge in [0, 0.05) is 18.2 Å². The summed E-state index contributed by atoms with van der Waals surface area (Å²) in [6.45, 7) is 0.870. The quantitative estimate of drug-likeness (QED) is 0.416. The topological polar surface area (TPSA) is 40.6 Å². The van der Waals surface area contributed by atoms with E-state index in [1.54, 1.807) is 0 Å². The number of anilines is 2. The molecule has 6 rings (SSSR count). The summed E-state index contributed by atoms with van der Waals surface area (Å²) in [4.78, 5) is 30.8. The highest BCUT2D eigenvalue weighted by Crippen LogP contribution is 2.52. The maximum Gasteiger partial charge on any atom is 0.238 e. The number of para-hydroxylation sites is 2. The Bertz CT molecular complexity index is 1190.